The number of rotatable bonds is 6. The SMILES string of the molecule is CCCN1CCC(NC(=NC)NCCC2CC2)CC1.I. The first-order valence-corrected chi connectivity index (χ1v) is 8.01. The monoisotopic (exact) mass is 394 g/mol. The molecule has 2 aliphatic rings. The largest absolute Gasteiger partial charge is 0.356 e. The number of nitrogens with zero attached hydrogens (tertiary/aromatic N) is 2. The summed E-state index contributed by atoms with van der Waals surface area (Å²) in [6.07, 6.45) is 7.91. The van der Waals surface area contributed by atoms with Crippen molar-refractivity contribution in [2.75, 3.05) is 33.2 Å². The zero-order valence-corrected chi connectivity index (χ0v) is 15.4. The second-order valence-corrected chi connectivity index (χ2v) is 5.99. The molecule has 1 saturated carbocycles. The van der Waals surface area contributed by atoms with Crippen LogP contribution in [0.3, 0.4) is 0 Å². The molecule has 0 spiro atoms. The molecule has 0 atom stereocenters. The van der Waals surface area contributed by atoms with Crippen LogP contribution in [0, 0.1) is 5.92 Å². The number of hydrogen-bond donors (Lipinski definition) is 2. The first-order chi connectivity index (χ1) is 9.31. The van der Waals surface area contributed by atoms with Gasteiger partial charge in [-0.3, -0.25) is 4.99 Å². The highest BCUT2D eigenvalue weighted by atomic mass is 127. The highest BCUT2D eigenvalue weighted by Gasteiger charge is 2.21. The van der Waals surface area contributed by atoms with E-state index in [4.69, 9.17) is 0 Å². The van der Waals surface area contributed by atoms with E-state index in [0.29, 0.717) is 6.04 Å². The molecular weight excluding hydrogens is 363 g/mol. The zero-order chi connectivity index (χ0) is 13.5. The number of guanidine groups is 1. The molecule has 5 heteroatoms. The summed E-state index contributed by atoms with van der Waals surface area (Å²) in [7, 11) is 1.87. The third-order valence-corrected chi connectivity index (χ3v) is 4.23. The molecule has 2 fully saturated rings. The van der Waals surface area contributed by atoms with Crippen LogP contribution in [-0.2, 0) is 0 Å². The summed E-state index contributed by atoms with van der Waals surface area (Å²) >= 11 is 0. The van der Waals surface area contributed by atoms with Crippen LogP contribution in [0.15, 0.2) is 4.99 Å². The summed E-state index contributed by atoms with van der Waals surface area (Å²) in [6.45, 7) is 7.03. The van der Waals surface area contributed by atoms with Crippen molar-refractivity contribution in [1.29, 1.82) is 0 Å². The van der Waals surface area contributed by atoms with Gasteiger partial charge in [-0.05, 0) is 38.1 Å². The Bertz CT molecular complexity index is 284. The lowest BCUT2D eigenvalue weighted by atomic mass is 10.1. The Morgan fingerprint density at radius 3 is 2.45 bits per heavy atom. The minimum absolute atomic E-state index is 0. The molecule has 118 valence electrons. The van der Waals surface area contributed by atoms with Crippen LogP contribution in [0.4, 0.5) is 0 Å². The molecule has 1 saturated heterocycles. The Labute approximate surface area is 141 Å². The second kappa shape index (κ2) is 9.82. The standard InChI is InChI=1S/C15H30N4.HI/c1-3-10-19-11-7-14(8-12-19)18-15(16-2)17-9-6-13-4-5-13;/h13-14H,3-12H2,1-2H3,(H2,16,17,18);1H. The van der Waals surface area contributed by atoms with Gasteiger partial charge in [0, 0.05) is 32.7 Å². The molecule has 0 aromatic heterocycles. The van der Waals surface area contributed by atoms with Gasteiger partial charge < -0.3 is 15.5 Å². The van der Waals surface area contributed by atoms with Crippen LogP contribution in [0.2, 0.25) is 0 Å². The van der Waals surface area contributed by atoms with Crippen molar-refractivity contribution in [3.63, 3.8) is 0 Å². The normalized spacial score (nSPS) is 21.4. The molecule has 0 aromatic carbocycles. The molecule has 0 unspecified atom stereocenters. The molecular formula is C15H31IN4. The second-order valence-electron chi connectivity index (χ2n) is 5.99. The molecule has 20 heavy (non-hydrogen) atoms. The summed E-state index contributed by atoms with van der Waals surface area (Å²) in [5.41, 5.74) is 0. The van der Waals surface area contributed by atoms with Gasteiger partial charge in [0.15, 0.2) is 5.96 Å². The van der Waals surface area contributed by atoms with E-state index >= 15 is 0 Å². The molecule has 0 amide bonds. The number of aliphatic imine (C=N–C) groups is 1. The smallest absolute Gasteiger partial charge is 0.191 e. The quantitative estimate of drug-likeness (QED) is 0.413. The third-order valence-electron chi connectivity index (χ3n) is 4.23. The van der Waals surface area contributed by atoms with E-state index in [2.05, 4.69) is 27.4 Å². The molecule has 1 heterocycles. The fourth-order valence-corrected chi connectivity index (χ4v) is 2.81. The first-order valence-electron chi connectivity index (χ1n) is 8.01. The molecule has 0 radical (unpaired) electrons. The number of halogens is 1. The number of piperidine rings is 1. The average molecular weight is 394 g/mol. The Balaban J connectivity index is 0.00000200. The molecule has 2 rings (SSSR count). The van der Waals surface area contributed by atoms with Crippen molar-refractivity contribution in [2.45, 2.75) is 51.5 Å². The predicted molar refractivity (Wildman–Crippen MR) is 97.0 cm³/mol. The molecule has 1 aliphatic heterocycles. The Morgan fingerprint density at radius 2 is 1.90 bits per heavy atom. The summed E-state index contributed by atoms with van der Waals surface area (Å²) in [5, 5.41) is 7.02. The van der Waals surface area contributed by atoms with Crippen LogP contribution in [0.5, 0.6) is 0 Å². The minimum atomic E-state index is 0. The molecule has 1 aliphatic carbocycles. The maximum Gasteiger partial charge on any atom is 0.191 e. The van der Waals surface area contributed by atoms with Gasteiger partial charge in [-0.2, -0.15) is 0 Å². The molecule has 2 N–H and O–H groups in total. The van der Waals surface area contributed by atoms with E-state index < -0.39 is 0 Å². The zero-order valence-electron chi connectivity index (χ0n) is 13.0. The molecule has 0 aromatic rings. The van der Waals surface area contributed by atoms with Gasteiger partial charge in [-0.15, -0.1) is 24.0 Å². The predicted octanol–water partition coefficient (Wildman–Crippen LogP) is 2.44. The van der Waals surface area contributed by atoms with E-state index in [9.17, 15) is 0 Å². The third kappa shape index (κ3) is 6.61. The molecule has 0 bridgehead atoms. The van der Waals surface area contributed by atoms with Crippen molar-refractivity contribution < 1.29 is 0 Å². The van der Waals surface area contributed by atoms with Crippen molar-refractivity contribution >= 4 is 29.9 Å². The van der Waals surface area contributed by atoms with Crippen LogP contribution in [-0.4, -0.2) is 50.1 Å². The van der Waals surface area contributed by atoms with Crippen LogP contribution >= 0.6 is 24.0 Å². The Morgan fingerprint density at radius 1 is 1.20 bits per heavy atom. The Kier molecular flexibility index (Phi) is 8.84. The lowest BCUT2D eigenvalue weighted by Crippen LogP contribution is -2.48. The van der Waals surface area contributed by atoms with E-state index in [-0.39, 0.29) is 24.0 Å². The van der Waals surface area contributed by atoms with E-state index in [1.54, 1.807) is 0 Å². The van der Waals surface area contributed by atoms with Gasteiger partial charge in [-0.1, -0.05) is 19.8 Å². The highest BCUT2D eigenvalue weighted by Crippen LogP contribution is 2.31. The van der Waals surface area contributed by atoms with Crippen molar-refractivity contribution in [3.8, 4) is 0 Å². The van der Waals surface area contributed by atoms with Gasteiger partial charge in [0.05, 0.1) is 0 Å². The lowest BCUT2D eigenvalue weighted by molar-refractivity contribution is 0.206. The van der Waals surface area contributed by atoms with Crippen LogP contribution < -0.4 is 10.6 Å². The fourth-order valence-electron chi connectivity index (χ4n) is 2.81. The number of hydrogen-bond acceptors (Lipinski definition) is 2. The van der Waals surface area contributed by atoms with Gasteiger partial charge >= 0.3 is 0 Å². The summed E-state index contributed by atoms with van der Waals surface area (Å²) in [4.78, 5) is 6.91. The summed E-state index contributed by atoms with van der Waals surface area (Å²) in [6, 6.07) is 0.597. The lowest BCUT2D eigenvalue weighted by Gasteiger charge is -2.32. The van der Waals surface area contributed by atoms with Crippen molar-refractivity contribution in [3.05, 3.63) is 0 Å². The van der Waals surface area contributed by atoms with E-state index in [0.717, 1.165) is 18.4 Å². The van der Waals surface area contributed by atoms with E-state index in [1.807, 2.05) is 7.05 Å². The van der Waals surface area contributed by atoms with Gasteiger partial charge in [0.1, 0.15) is 0 Å². The maximum absolute atomic E-state index is 4.34. The highest BCUT2D eigenvalue weighted by molar-refractivity contribution is 14.0. The van der Waals surface area contributed by atoms with Crippen LogP contribution in [0.1, 0.15) is 45.4 Å². The minimum Gasteiger partial charge on any atom is -0.356 e. The fraction of sp³-hybridized carbons (Fsp3) is 0.933. The van der Waals surface area contributed by atoms with Gasteiger partial charge in [0.25, 0.3) is 0 Å². The average Bonchev–Trinajstić information content (AvgIpc) is 3.24. The summed E-state index contributed by atoms with van der Waals surface area (Å²) in [5.74, 6) is 1.98. The Hall–Kier alpha value is -0.0400. The van der Waals surface area contributed by atoms with Crippen molar-refractivity contribution in [2.24, 2.45) is 10.9 Å². The number of nitrogens with one attached hydrogen (secondary N) is 2. The van der Waals surface area contributed by atoms with Gasteiger partial charge in [-0.25, -0.2) is 0 Å². The van der Waals surface area contributed by atoms with Crippen molar-refractivity contribution in [1.82, 2.24) is 15.5 Å². The van der Waals surface area contributed by atoms with Gasteiger partial charge in [0.2, 0.25) is 0 Å². The number of likely N-dealkylation sites (tertiary alicyclic amines) is 1. The topological polar surface area (TPSA) is 39.7 Å². The maximum atomic E-state index is 4.34. The first kappa shape index (κ1) is 18.0. The summed E-state index contributed by atoms with van der Waals surface area (Å²) < 4.78 is 0. The van der Waals surface area contributed by atoms with E-state index in [1.165, 1.54) is 58.2 Å². The molecule has 4 nitrogen and oxygen atoms in total. The van der Waals surface area contributed by atoms with Crippen LogP contribution in [0.25, 0.3) is 0 Å².